The molecule has 0 spiro atoms. The molecular formula is C16H14INO2. The predicted molar refractivity (Wildman–Crippen MR) is 85.9 cm³/mol. The maximum atomic E-state index is 8.97. The van der Waals surface area contributed by atoms with Gasteiger partial charge in [0.2, 0.25) is 0 Å². The van der Waals surface area contributed by atoms with E-state index in [2.05, 4.69) is 41.7 Å². The summed E-state index contributed by atoms with van der Waals surface area (Å²) >= 11 is 2.15. The van der Waals surface area contributed by atoms with Crippen LogP contribution in [0.15, 0.2) is 36.4 Å². The van der Waals surface area contributed by atoms with E-state index in [0.29, 0.717) is 23.7 Å². The first-order valence-corrected chi connectivity index (χ1v) is 7.18. The molecule has 0 atom stereocenters. The van der Waals surface area contributed by atoms with Gasteiger partial charge in [0.15, 0.2) is 11.5 Å². The molecule has 0 saturated carbocycles. The Hall–Kier alpha value is -1.74. The molecule has 20 heavy (non-hydrogen) atoms. The molecule has 0 N–H and O–H groups in total. The Morgan fingerprint density at radius 1 is 1.25 bits per heavy atom. The van der Waals surface area contributed by atoms with Gasteiger partial charge in [0.1, 0.15) is 6.61 Å². The maximum absolute atomic E-state index is 8.97. The third-order valence-corrected chi connectivity index (χ3v) is 3.79. The number of rotatable bonds is 4. The zero-order valence-electron chi connectivity index (χ0n) is 11.3. The molecular weight excluding hydrogens is 365 g/mol. The number of nitriles is 1. The number of halogens is 1. The van der Waals surface area contributed by atoms with Crippen LogP contribution in [0.2, 0.25) is 0 Å². The minimum Gasteiger partial charge on any atom is -0.493 e. The van der Waals surface area contributed by atoms with Crippen molar-refractivity contribution in [3.8, 4) is 17.6 Å². The van der Waals surface area contributed by atoms with Gasteiger partial charge in [-0.3, -0.25) is 0 Å². The molecule has 0 aliphatic carbocycles. The Kier molecular flexibility index (Phi) is 4.85. The van der Waals surface area contributed by atoms with Crippen LogP contribution in [0.25, 0.3) is 0 Å². The first-order valence-electron chi connectivity index (χ1n) is 6.10. The quantitative estimate of drug-likeness (QED) is 0.753. The van der Waals surface area contributed by atoms with Gasteiger partial charge in [-0.15, -0.1) is 0 Å². The highest BCUT2D eigenvalue weighted by Gasteiger charge is 2.12. The van der Waals surface area contributed by atoms with Gasteiger partial charge >= 0.3 is 0 Å². The monoisotopic (exact) mass is 379 g/mol. The SMILES string of the molecule is COc1cc(C#N)cc(I)c1OCc1ccccc1C. The van der Waals surface area contributed by atoms with Crippen LogP contribution < -0.4 is 9.47 Å². The number of methoxy groups -OCH3 is 1. The lowest BCUT2D eigenvalue weighted by atomic mass is 10.1. The van der Waals surface area contributed by atoms with Crippen LogP contribution in [-0.4, -0.2) is 7.11 Å². The number of hydrogen-bond acceptors (Lipinski definition) is 3. The summed E-state index contributed by atoms with van der Waals surface area (Å²) in [4.78, 5) is 0. The van der Waals surface area contributed by atoms with Crippen LogP contribution in [-0.2, 0) is 6.61 Å². The van der Waals surface area contributed by atoms with Gasteiger partial charge in [-0.25, -0.2) is 0 Å². The second-order valence-electron chi connectivity index (χ2n) is 4.32. The first kappa shape index (κ1) is 14.7. The molecule has 0 unspecified atom stereocenters. The molecule has 0 heterocycles. The van der Waals surface area contributed by atoms with E-state index >= 15 is 0 Å². The molecule has 0 aromatic heterocycles. The van der Waals surface area contributed by atoms with E-state index in [9.17, 15) is 0 Å². The van der Waals surface area contributed by atoms with Crippen molar-refractivity contribution in [1.82, 2.24) is 0 Å². The van der Waals surface area contributed by atoms with Crippen LogP contribution in [0.4, 0.5) is 0 Å². The highest BCUT2D eigenvalue weighted by molar-refractivity contribution is 14.1. The Balaban J connectivity index is 2.26. The minimum atomic E-state index is 0.477. The third-order valence-electron chi connectivity index (χ3n) is 2.99. The second-order valence-corrected chi connectivity index (χ2v) is 5.48. The van der Waals surface area contributed by atoms with Crippen molar-refractivity contribution < 1.29 is 9.47 Å². The van der Waals surface area contributed by atoms with E-state index in [1.807, 2.05) is 18.2 Å². The average Bonchev–Trinajstić information content (AvgIpc) is 2.46. The smallest absolute Gasteiger partial charge is 0.175 e. The fraction of sp³-hybridized carbons (Fsp3) is 0.188. The molecule has 0 aliphatic heterocycles. The lowest BCUT2D eigenvalue weighted by Gasteiger charge is -2.14. The molecule has 102 valence electrons. The van der Waals surface area contributed by atoms with Crippen molar-refractivity contribution in [2.75, 3.05) is 7.11 Å². The van der Waals surface area contributed by atoms with Gasteiger partial charge in [0.25, 0.3) is 0 Å². The van der Waals surface area contributed by atoms with Gasteiger partial charge in [-0.05, 0) is 46.7 Å². The number of benzene rings is 2. The lowest BCUT2D eigenvalue weighted by Crippen LogP contribution is -2.01. The fourth-order valence-corrected chi connectivity index (χ4v) is 2.60. The van der Waals surface area contributed by atoms with Crippen molar-refractivity contribution in [1.29, 1.82) is 5.26 Å². The van der Waals surface area contributed by atoms with Crippen LogP contribution in [0.1, 0.15) is 16.7 Å². The van der Waals surface area contributed by atoms with E-state index in [1.54, 1.807) is 19.2 Å². The fourth-order valence-electron chi connectivity index (χ4n) is 1.85. The summed E-state index contributed by atoms with van der Waals surface area (Å²) in [7, 11) is 1.58. The Morgan fingerprint density at radius 2 is 2.00 bits per heavy atom. The number of nitrogens with zero attached hydrogens (tertiary/aromatic N) is 1. The number of aryl methyl sites for hydroxylation is 1. The third kappa shape index (κ3) is 3.23. The summed E-state index contributed by atoms with van der Waals surface area (Å²) in [5.41, 5.74) is 2.89. The largest absolute Gasteiger partial charge is 0.493 e. The summed E-state index contributed by atoms with van der Waals surface area (Å²) < 4.78 is 12.1. The van der Waals surface area contributed by atoms with E-state index in [4.69, 9.17) is 14.7 Å². The zero-order chi connectivity index (χ0) is 14.5. The van der Waals surface area contributed by atoms with Gasteiger partial charge in [-0.1, -0.05) is 24.3 Å². The molecule has 2 rings (SSSR count). The molecule has 0 saturated heterocycles. The van der Waals surface area contributed by atoms with Gasteiger partial charge in [-0.2, -0.15) is 5.26 Å². The van der Waals surface area contributed by atoms with E-state index in [1.165, 1.54) is 5.56 Å². The minimum absolute atomic E-state index is 0.477. The average molecular weight is 379 g/mol. The van der Waals surface area contributed by atoms with Crippen LogP contribution in [0, 0.1) is 21.8 Å². The molecule has 0 amide bonds. The van der Waals surface area contributed by atoms with Crippen LogP contribution in [0.5, 0.6) is 11.5 Å². The second kappa shape index (κ2) is 6.62. The van der Waals surface area contributed by atoms with Gasteiger partial charge < -0.3 is 9.47 Å². The molecule has 3 nitrogen and oxygen atoms in total. The lowest BCUT2D eigenvalue weighted by molar-refractivity contribution is 0.281. The van der Waals surface area contributed by atoms with Crippen molar-refractivity contribution in [2.24, 2.45) is 0 Å². The van der Waals surface area contributed by atoms with E-state index < -0.39 is 0 Å². The summed E-state index contributed by atoms with van der Waals surface area (Å²) in [5.74, 6) is 1.26. The highest BCUT2D eigenvalue weighted by atomic mass is 127. The number of hydrogen-bond donors (Lipinski definition) is 0. The van der Waals surface area contributed by atoms with Gasteiger partial charge in [0.05, 0.1) is 22.3 Å². The summed E-state index contributed by atoms with van der Waals surface area (Å²) in [6.07, 6.45) is 0. The Morgan fingerprint density at radius 3 is 2.65 bits per heavy atom. The van der Waals surface area contributed by atoms with Gasteiger partial charge in [0, 0.05) is 6.07 Å². The standard InChI is InChI=1S/C16H14INO2/c1-11-5-3-4-6-13(11)10-20-16-14(17)7-12(9-18)8-15(16)19-2/h3-8H,10H2,1-2H3. The summed E-state index contributed by atoms with van der Waals surface area (Å²) in [5, 5.41) is 8.97. The summed E-state index contributed by atoms with van der Waals surface area (Å²) in [6.45, 7) is 2.53. The highest BCUT2D eigenvalue weighted by Crippen LogP contribution is 2.34. The molecule has 2 aromatic carbocycles. The van der Waals surface area contributed by atoms with Crippen LogP contribution in [0.3, 0.4) is 0 Å². The van der Waals surface area contributed by atoms with E-state index in [-0.39, 0.29) is 0 Å². The number of ether oxygens (including phenoxy) is 2. The molecule has 0 radical (unpaired) electrons. The maximum Gasteiger partial charge on any atom is 0.175 e. The molecule has 0 bridgehead atoms. The van der Waals surface area contributed by atoms with Crippen molar-refractivity contribution in [3.05, 3.63) is 56.7 Å². The predicted octanol–water partition coefficient (Wildman–Crippen LogP) is 4.06. The summed E-state index contributed by atoms with van der Waals surface area (Å²) in [6, 6.07) is 13.7. The normalized spacial score (nSPS) is 9.90. The Labute approximate surface area is 132 Å². The molecule has 2 aromatic rings. The van der Waals surface area contributed by atoms with Crippen molar-refractivity contribution >= 4 is 22.6 Å². The van der Waals surface area contributed by atoms with Crippen molar-refractivity contribution in [3.63, 3.8) is 0 Å². The molecule has 0 aliphatic rings. The topological polar surface area (TPSA) is 42.2 Å². The first-order chi connectivity index (χ1) is 9.65. The van der Waals surface area contributed by atoms with Crippen molar-refractivity contribution in [2.45, 2.75) is 13.5 Å². The molecule has 4 heteroatoms. The molecule has 0 fully saturated rings. The van der Waals surface area contributed by atoms with Crippen LogP contribution >= 0.6 is 22.6 Å². The zero-order valence-corrected chi connectivity index (χ0v) is 13.5. The van der Waals surface area contributed by atoms with E-state index in [0.717, 1.165) is 9.13 Å². The Bertz CT molecular complexity index is 662.